The molecule has 0 aromatic heterocycles. The molecule has 0 spiro atoms. The molecule has 82 valence electrons. The van der Waals surface area contributed by atoms with Gasteiger partial charge in [-0.25, -0.2) is 0 Å². The third kappa shape index (κ3) is 3.09. The van der Waals surface area contributed by atoms with Gasteiger partial charge in [-0.2, -0.15) is 8.42 Å². The molecule has 0 saturated carbocycles. The van der Waals surface area contributed by atoms with Crippen molar-refractivity contribution in [3.8, 4) is 11.5 Å². The molecule has 15 heavy (non-hydrogen) atoms. The second-order valence-electron chi connectivity index (χ2n) is 2.70. The fourth-order valence-corrected chi connectivity index (χ4v) is 1.34. The van der Waals surface area contributed by atoms with E-state index in [4.69, 9.17) is 5.11 Å². The predicted molar refractivity (Wildman–Crippen MR) is 50.2 cm³/mol. The fraction of sp³-hybridized carbons (Fsp3) is 0.143. The van der Waals surface area contributed by atoms with Gasteiger partial charge in [-0.15, -0.1) is 0 Å². The molecule has 1 aromatic rings. The van der Waals surface area contributed by atoms with Crippen LogP contribution in [0.15, 0.2) is 18.2 Å². The number of hydrogen-bond donors (Lipinski definition) is 1. The SMILES string of the molecule is CS(=O)(=O)Oc1ccc([N+](=O)[O-])c(O)c1. The maximum atomic E-state index is 10.7. The maximum absolute atomic E-state index is 10.7. The van der Waals surface area contributed by atoms with E-state index in [1.807, 2.05) is 0 Å². The number of nitro benzene ring substituents is 1. The Morgan fingerprint density at radius 3 is 2.47 bits per heavy atom. The number of nitrogens with zero attached hydrogens (tertiary/aromatic N) is 1. The Kier molecular flexibility index (Phi) is 2.80. The molecule has 0 aliphatic rings. The van der Waals surface area contributed by atoms with Crippen molar-refractivity contribution in [1.82, 2.24) is 0 Å². The Morgan fingerprint density at radius 1 is 1.47 bits per heavy atom. The summed E-state index contributed by atoms with van der Waals surface area (Å²) in [5.41, 5.74) is -0.518. The van der Waals surface area contributed by atoms with Crippen LogP contribution in [0.2, 0.25) is 0 Å². The van der Waals surface area contributed by atoms with Gasteiger partial charge in [0, 0.05) is 12.1 Å². The molecule has 0 fully saturated rings. The van der Waals surface area contributed by atoms with E-state index in [1.165, 1.54) is 0 Å². The number of phenols is 1. The van der Waals surface area contributed by atoms with Gasteiger partial charge >= 0.3 is 15.8 Å². The van der Waals surface area contributed by atoms with Gasteiger partial charge in [0.1, 0.15) is 5.75 Å². The summed E-state index contributed by atoms with van der Waals surface area (Å²) in [6.07, 6.45) is 0.825. The first kappa shape index (κ1) is 11.2. The molecule has 0 atom stereocenters. The van der Waals surface area contributed by atoms with Crippen LogP contribution in [-0.2, 0) is 10.1 Å². The van der Waals surface area contributed by atoms with Crippen LogP contribution in [0.25, 0.3) is 0 Å². The maximum Gasteiger partial charge on any atom is 0.310 e. The Bertz CT molecular complexity index is 494. The van der Waals surface area contributed by atoms with Crippen molar-refractivity contribution >= 4 is 15.8 Å². The molecule has 1 rings (SSSR count). The van der Waals surface area contributed by atoms with Gasteiger partial charge in [-0.05, 0) is 6.07 Å². The highest BCUT2D eigenvalue weighted by Crippen LogP contribution is 2.29. The summed E-state index contributed by atoms with van der Waals surface area (Å²) >= 11 is 0. The zero-order chi connectivity index (χ0) is 11.6. The minimum atomic E-state index is -3.71. The van der Waals surface area contributed by atoms with Crippen LogP contribution in [0, 0.1) is 10.1 Å². The summed E-state index contributed by atoms with van der Waals surface area (Å²) in [7, 11) is -3.71. The third-order valence-corrected chi connectivity index (χ3v) is 1.89. The Morgan fingerprint density at radius 2 is 2.07 bits per heavy atom. The lowest BCUT2D eigenvalue weighted by molar-refractivity contribution is -0.385. The van der Waals surface area contributed by atoms with Crippen LogP contribution in [0.4, 0.5) is 5.69 Å². The van der Waals surface area contributed by atoms with Gasteiger partial charge in [0.05, 0.1) is 11.2 Å². The van der Waals surface area contributed by atoms with Crippen molar-refractivity contribution < 1.29 is 22.6 Å². The minimum Gasteiger partial charge on any atom is -0.502 e. The van der Waals surface area contributed by atoms with E-state index in [2.05, 4.69) is 4.18 Å². The minimum absolute atomic E-state index is 0.180. The van der Waals surface area contributed by atoms with Crippen LogP contribution < -0.4 is 4.18 Å². The lowest BCUT2D eigenvalue weighted by atomic mass is 10.3. The quantitative estimate of drug-likeness (QED) is 0.466. The van der Waals surface area contributed by atoms with Gasteiger partial charge in [-0.3, -0.25) is 10.1 Å². The molecule has 0 saturated heterocycles. The smallest absolute Gasteiger partial charge is 0.310 e. The van der Waals surface area contributed by atoms with Crippen LogP contribution in [0.3, 0.4) is 0 Å². The summed E-state index contributed by atoms with van der Waals surface area (Å²) in [6, 6.07) is 2.90. The number of aromatic hydroxyl groups is 1. The van der Waals surface area contributed by atoms with E-state index in [0.29, 0.717) is 0 Å². The summed E-state index contributed by atoms with van der Waals surface area (Å²) in [4.78, 5) is 9.51. The van der Waals surface area contributed by atoms with Crippen molar-refractivity contribution in [2.24, 2.45) is 0 Å². The summed E-state index contributed by atoms with van der Waals surface area (Å²) in [6.45, 7) is 0. The lowest BCUT2D eigenvalue weighted by Gasteiger charge is -2.02. The average Bonchev–Trinajstić information content (AvgIpc) is 1.99. The third-order valence-electron chi connectivity index (χ3n) is 1.39. The molecule has 0 heterocycles. The molecule has 8 heteroatoms. The van der Waals surface area contributed by atoms with E-state index >= 15 is 0 Å². The highest BCUT2D eigenvalue weighted by atomic mass is 32.2. The summed E-state index contributed by atoms with van der Waals surface area (Å²) in [5.74, 6) is -0.832. The first-order chi connectivity index (χ1) is 6.79. The molecule has 0 aliphatic heterocycles. The Labute approximate surface area is 85.2 Å². The van der Waals surface area contributed by atoms with Crippen molar-refractivity contribution in [1.29, 1.82) is 0 Å². The van der Waals surface area contributed by atoms with Gasteiger partial charge in [0.25, 0.3) is 0 Å². The molecule has 0 bridgehead atoms. The highest BCUT2D eigenvalue weighted by Gasteiger charge is 2.15. The predicted octanol–water partition coefficient (Wildman–Crippen LogP) is 0.639. The molecular formula is C7H7NO6S. The topological polar surface area (TPSA) is 107 Å². The molecule has 0 radical (unpaired) electrons. The number of benzene rings is 1. The molecule has 0 amide bonds. The van der Waals surface area contributed by atoms with Crippen LogP contribution in [0.5, 0.6) is 11.5 Å². The molecule has 0 aliphatic carbocycles. The number of nitro groups is 1. The highest BCUT2D eigenvalue weighted by molar-refractivity contribution is 7.86. The Balaban J connectivity index is 3.07. The Hall–Kier alpha value is -1.83. The van der Waals surface area contributed by atoms with Gasteiger partial charge in [0.15, 0.2) is 5.75 Å². The number of phenolic OH excluding ortho intramolecular Hbond substituents is 1. The standard InChI is InChI=1S/C7H7NO6S/c1-15(12,13)14-5-2-3-6(8(10)11)7(9)4-5/h2-4,9H,1H3. The van der Waals surface area contributed by atoms with Crippen molar-refractivity contribution in [2.45, 2.75) is 0 Å². The number of hydrogen-bond acceptors (Lipinski definition) is 6. The fourth-order valence-electron chi connectivity index (χ4n) is 0.884. The largest absolute Gasteiger partial charge is 0.502 e. The van der Waals surface area contributed by atoms with E-state index in [-0.39, 0.29) is 5.75 Å². The molecular weight excluding hydrogens is 226 g/mol. The van der Waals surface area contributed by atoms with Crippen molar-refractivity contribution in [3.05, 3.63) is 28.3 Å². The first-order valence-corrected chi connectivity index (χ1v) is 5.48. The van der Waals surface area contributed by atoms with E-state index in [0.717, 1.165) is 24.5 Å². The number of rotatable bonds is 3. The van der Waals surface area contributed by atoms with E-state index < -0.39 is 26.5 Å². The summed E-state index contributed by atoms with van der Waals surface area (Å²) < 4.78 is 25.8. The van der Waals surface area contributed by atoms with Crippen LogP contribution in [-0.4, -0.2) is 24.7 Å². The molecule has 7 nitrogen and oxygen atoms in total. The van der Waals surface area contributed by atoms with Crippen molar-refractivity contribution in [3.63, 3.8) is 0 Å². The molecule has 1 N–H and O–H groups in total. The van der Waals surface area contributed by atoms with E-state index in [1.54, 1.807) is 0 Å². The van der Waals surface area contributed by atoms with Crippen LogP contribution in [0.1, 0.15) is 0 Å². The molecule has 0 unspecified atom stereocenters. The second-order valence-corrected chi connectivity index (χ2v) is 4.27. The van der Waals surface area contributed by atoms with E-state index in [9.17, 15) is 18.5 Å². The van der Waals surface area contributed by atoms with Gasteiger partial charge in [-0.1, -0.05) is 0 Å². The van der Waals surface area contributed by atoms with Gasteiger partial charge < -0.3 is 9.29 Å². The summed E-state index contributed by atoms with van der Waals surface area (Å²) in [5, 5.41) is 19.4. The van der Waals surface area contributed by atoms with Crippen LogP contribution >= 0.6 is 0 Å². The monoisotopic (exact) mass is 233 g/mol. The second kappa shape index (κ2) is 3.73. The normalized spacial score (nSPS) is 11.0. The average molecular weight is 233 g/mol. The molecule has 1 aromatic carbocycles. The lowest BCUT2D eigenvalue weighted by Crippen LogP contribution is -2.05. The zero-order valence-corrected chi connectivity index (χ0v) is 8.39. The zero-order valence-electron chi connectivity index (χ0n) is 7.58. The van der Waals surface area contributed by atoms with Crippen molar-refractivity contribution in [2.75, 3.05) is 6.26 Å². The first-order valence-electron chi connectivity index (χ1n) is 3.66. The van der Waals surface area contributed by atoms with Gasteiger partial charge in [0.2, 0.25) is 0 Å².